The van der Waals surface area contributed by atoms with Crippen LogP contribution in [-0.4, -0.2) is 42.4 Å². The van der Waals surface area contributed by atoms with Crippen LogP contribution < -0.4 is 5.32 Å². The van der Waals surface area contributed by atoms with Crippen molar-refractivity contribution in [2.45, 2.75) is 44.0 Å². The largest absolute Gasteiger partial charge is 0.467 e. The Bertz CT molecular complexity index is 295. The third-order valence-corrected chi connectivity index (χ3v) is 2.55. The van der Waals surface area contributed by atoms with Gasteiger partial charge < -0.3 is 15.2 Å². The second-order valence-corrected chi connectivity index (χ2v) is 3.77. The molecule has 18 heavy (non-hydrogen) atoms. The first-order valence-corrected chi connectivity index (χ1v) is 5.31. The topological polar surface area (TPSA) is 75.6 Å². The fourth-order valence-electron chi connectivity index (χ4n) is 1.48. The number of hydrogen-bond donors (Lipinski definition) is 2. The minimum absolute atomic E-state index is 0.0457. The number of rotatable bonds is 7. The van der Waals surface area contributed by atoms with Crippen molar-refractivity contribution in [3.05, 3.63) is 0 Å². The van der Waals surface area contributed by atoms with Gasteiger partial charge >= 0.3 is 12.1 Å². The standard InChI is InChI=1S/C10H16F3NO4/c1-3-4-5-9(17,10(11,12)13)7(14-6-15)8(16)18-2/h6-7,17H,3-5H2,1-2H3,(H,14,15)/t7-,9-/m0/s1. The molecule has 2 atom stereocenters. The van der Waals surface area contributed by atoms with Crippen LogP contribution in [-0.2, 0) is 14.3 Å². The molecule has 0 saturated carbocycles. The fraction of sp³-hybridized carbons (Fsp3) is 0.800. The molecule has 0 fully saturated rings. The highest BCUT2D eigenvalue weighted by atomic mass is 19.4. The zero-order chi connectivity index (χ0) is 14.4. The van der Waals surface area contributed by atoms with E-state index in [2.05, 4.69) is 4.74 Å². The van der Waals surface area contributed by atoms with E-state index in [1.165, 1.54) is 0 Å². The summed E-state index contributed by atoms with van der Waals surface area (Å²) in [4.78, 5) is 21.5. The Labute approximate surface area is 102 Å². The van der Waals surface area contributed by atoms with Crippen LogP contribution in [0, 0.1) is 0 Å². The highest BCUT2D eigenvalue weighted by molar-refractivity contribution is 5.79. The van der Waals surface area contributed by atoms with E-state index in [0.717, 1.165) is 7.11 Å². The Morgan fingerprint density at radius 2 is 2.06 bits per heavy atom. The predicted octanol–water partition coefficient (Wildman–Crippen LogP) is 0.758. The molecule has 0 spiro atoms. The average molecular weight is 271 g/mol. The van der Waals surface area contributed by atoms with Crippen molar-refractivity contribution >= 4 is 12.4 Å². The van der Waals surface area contributed by atoms with Crippen molar-refractivity contribution in [3.63, 3.8) is 0 Å². The molecule has 0 radical (unpaired) electrons. The summed E-state index contributed by atoms with van der Waals surface area (Å²) in [6, 6.07) is -2.17. The third-order valence-electron chi connectivity index (χ3n) is 2.55. The first-order valence-electron chi connectivity index (χ1n) is 5.31. The Balaban J connectivity index is 5.34. The van der Waals surface area contributed by atoms with E-state index in [1.54, 1.807) is 12.2 Å². The summed E-state index contributed by atoms with van der Waals surface area (Å²) in [6.45, 7) is 1.64. The smallest absolute Gasteiger partial charge is 0.419 e. The van der Waals surface area contributed by atoms with E-state index in [-0.39, 0.29) is 12.8 Å². The number of halogens is 3. The predicted molar refractivity (Wildman–Crippen MR) is 55.5 cm³/mol. The van der Waals surface area contributed by atoms with Gasteiger partial charge in [0.1, 0.15) is 0 Å². The van der Waals surface area contributed by atoms with Gasteiger partial charge in [-0.25, -0.2) is 4.79 Å². The van der Waals surface area contributed by atoms with Crippen LogP contribution in [0.25, 0.3) is 0 Å². The SMILES string of the molecule is CCCC[C@](O)([C@@H](NC=O)C(=O)OC)C(F)(F)F. The maximum Gasteiger partial charge on any atom is 0.419 e. The lowest BCUT2D eigenvalue weighted by molar-refractivity contribution is -0.272. The van der Waals surface area contributed by atoms with Crippen LogP contribution in [0.4, 0.5) is 13.2 Å². The van der Waals surface area contributed by atoms with Crippen LogP contribution in [0.2, 0.25) is 0 Å². The Morgan fingerprint density at radius 3 is 2.39 bits per heavy atom. The highest BCUT2D eigenvalue weighted by Gasteiger charge is 2.60. The van der Waals surface area contributed by atoms with Crippen molar-refractivity contribution in [1.29, 1.82) is 0 Å². The molecule has 0 heterocycles. The summed E-state index contributed by atoms with van der Waals surface area (Å²) in [7, 11) is 0.873. The van der Waals surface area contributed by atoms with Gasteiger partial charge in [-0.1, -0.05) is 19.8 Å². The van der Waals surface area contributed by atoms with Gasteiger partial charge in [-0.2, -0.15) is 13.2 Å². The van der Waals surface area contributed by atoms with Gasteiger partial charge in [0.05, 0.1) is 7.11 Å². The number of methoxy groups -OCH3 is 1. The normalized spacial score (nSPS) is 16.6. The van der Waals surface area contributed by atoms with Crippen molar-refractivity contribution in [3.8, 4) is 0 Å². The Morgan fingerprint density at radius 1 is 1.50 bits per heavy atom. The van der Waals surface area contributed by atoms with Crippen LogP contribution in [0.5, 0.6) is 0 Å². The van der Waals surface area contributed by atoms with Crippen LogP contribution in [0.1, 0.15) is 26.2 Å². The molecule has 8 heteroatoms. The number of carbonyl (C=O) groups is 2. The summed E-state index contributed by atoms with van der Waals surface area (Å²) in [5.74, 6) is -1.35. The molecule has 0 aliphatic carbocycles. The molecule has 0 saturated heterocycles. The third kappa shape index (κ3) is 3.59. The molecule has 0 aromatic rings. The van der Waals surface area contributed by atoms with Crippen molar-refractivity contribution in [2.75, 3.05) is 7.11 Å². The first-order chi connectivity index (χ1) is 8.24. The van der Waals surface area contributed by atoms with Crippen LogP contribution in [0.15, 0.2) is 0 Å². The van der Waals surface area contributed by atoms with Gasteiger partial charge in [0.15, 0.2) is 11.6 Å². The van der Waals surface area contributed by atoms with Crippen molar-refractivity contribution in [2.24, 2.45) is 0 Å². The summed E-state index contributed by atoms with van der Waals surface area (Å²) in [5, 5.41) is 11.4. The lowest BCUT2D eigenvalue weighted by Crippen LogP contribution is -2.63. The van der Waals surface area contributed by atoms with Gasteiger partial charge in [-0.05, 0) is 6.42 Å². The summed E-state index contributed by atoms with van der Waals surface area (Å²) >= 11 is 0. The molecule has 0 rings (SSSR count). The van der Waals surface area contributed by atoms with Gasteiger partial charge in [-0.3, -0.25) is 4.79 Å². The van der Waals surface area contributed by atoms with E-state index in [1.807, 2.05) is 0 Å². The number of aliphatic hydroxyl groups is 1. The molecule has 0 bridgehead atoms. The van der Waals surface area contributed by atoms with E-state index in [9.17, 15) is 27.9 Å². The molecule has 2 N–H and O–H groups in total. The van der Waals surface area contributed by atoms with E-state index in [0.29, 0.717) is 6.42 Å². The van der Waals surface area contributed by atoms with Crippen LogP contribution >= 0.6 is 0 Å². The number of esters is 1. The summed E-state index contributed by atoms with van der Waals surface area (Å²) < 4.78 is 42.8. The Kier molecular flexibility index (Phi) is 6.10. The molecular formula is C10H16F3NO4. The van der Waals surface area contributed by atoms with Gasteiger partial charge in [0.25, 0.3) is 0 Å². The van der Waals surface area contributed by atoms with Gasteiger partial charge in [0, 0.05) is 0 Å². The molecule has 0 aliphatic heterocycles. The number of nitrogens with one attached hydrogen (secondary N) is 1. The van der Waals surface area contributed by atoms with E-state index >= 15 is 0 Å². The minimum atomic E-state index is -5.06. The number of ether oxygens (including phenoxy) is 1. The highest BCUT2D eigenvalue weighted by Crippen LogP contribution is 2.37. The van der Waals surface area contributed by atoms with Crippen LogP contribution in [0.3, 0.4) is 0 Å². The zero-order valence-corrected chi connectivity index (χ0v) is 10.1. The molecule has 0 aromatic carbocycles. The van der Waals surface area contributed by atoms with Gasteiger partial charge in [-0.15, -0.1) is 0 Å². The Hall–Kier alpha value is -1.31. The second-order valence-electron chi connectivity index (χ2n) is 3.77. The maximum absolute atomic E-state index is 12.9. The molecule has 106 valence electrons. The fourth-order valence-corrected chi connectivity index (χ4v) is 1.48. The number of unbranched alkanes of at least 4 members (excludes halogenated alkanes) is 1. The maximum atomic E-state index is 12.9. The average Bonchev–Trinajstić information content (AvgIpc) is 2.30. The summed E-state index contributed by atoms with van der Waals surface area (Å²) in [5.41, 5.74) is -3.34. The molecule has 0 aliphatic rings. The molecule has 0 aromatic heterocycles. The minimum Gasteiger partial charge on any atom is -0.467 e. The number of carbonyl (C=O) groups excluding carboxylic acids is 2. The lowest BCUT2D eigenvalue weighted by atomic mass is 9.87. The van der Waals surface area contributed by atoms with E-state index in [4.69, 9.17) is 0 Å². The lowest BCUT2D eigenvalue weighted by Gasteiger charge is -2.35. The number of hydrogen-bond acceptors (Lipinski definition) is 4. The van der Waals surface area contributed by atoms with E-state index < -0.39 is 30.2 Å². The quantitative estimate of drug-likeness (QED) is 0.529. The monoisotopic (exact) mass is 271 g/mol. The molecular weight excluding hydrogens is 255 g/mol. The van der Waals surface area contributed by atoms with Crippen molar-refractivity contribution in [1.82, 2.24) is 5.32 Å². The molecule has 5 nitrogen and oxygen atoms in total. The summed E-state index contributed by atoms with van der Waals surface area (Å²) in [6.07, 6.45) is -5.40. The number of amides is 1. The molecule has 1 amide bonds. The first kappa shape index (κ1) is 16.7. The zero-order valence-electron chi connectivity index (χ0n) is 10.1. The van der Waals surface area contributed by atoms with Crippen molar-refractivity contribution < 1.29 is 32.6 Å². The second kappa shape index (κ2) is 6.58. The number of alkyl halides is 3. The molecule has 0 unspecified atom stereocenters. The van der Waals surface area contributed by atoms with Gasteiger partial charge in [0.2, 0.25) is 6.41 Å².